The number of hydrogen-bond acceptors (Lipinski definition) is 7. The van der Waals surface area contributed by atoms with Crippen LogP contribution < -0.4 is 5.32 Å². The third-order valence-corrected chi connectivity index (χ3v) is 6.39. The predicted molar refractivity (Wildman–Crippen MR) is 116 cm³/mol. The molecule has 1 fully saturated rings. The standard InChI is InChI=1S/C21H22N6O3S/c1-31(28,29)18-5-2-4-16(10-18)19-6-3-7-20-24-21(25-27(19)20)23-17-11-22-26(13-17)12-15-8-9-30-14-15/h2-7,10-11,13,15H,8-9,12,14H2,1H3,(H,23,25). The smallest absolute Gasteiger partial charge is 0.247 e. The first-order chi connectivity index (χ1) is 15.0. The monoisotopic (exact) mass is 438 g/mol. The fraction of sp³-hybridized carbons (Fsp3) is 0.286. The van der Waals surface area contributed by atoms with Crippen LogP contribution in [0.1, 0.15) is 6.42 Å². The molecule has 9 nitrogen and oxygen atoms in total. The van der Waals surface area contributed by atoms with Crippen LogP contribution in [0.15, 0.2) is 59.8 Å². The summed E-state index contributed by atoms with van der Waals surface area (Å²) in [6.45, 7) is 2.42. The molecule has 160 valence electrons. The molecule has 1 unspecified atom stereocenters. The molecule has 1 saturated heterocycles. The molecule has 10 heteroatoms. The lowest BCUT2D eigenvalue weighted by Gasteiger charge is -2.06. The van der Waals surface area contributed by atoms with Gasteiger partial charge in [0.25, 0.3) is 0 Å². The van der Waals surface area contributed by atoms with E-state index in [-0.39, 0.29) is 4.90 Å². The molecule has 0 saturated carbocycles. The minimum atomic E-state index is -3.30. The van der Waals surface area contributed by atoms with E-state index in [1.54, 1.807) is 28.9 Å². The minimum absolute atomic E-state index is 0.264. The van der Waals surface area contributed by atoms with Crippen molar-refractivity contribution in [3.05, 3.63) is 54.9 Å². The molecule has 0 radical (unpaired) electrons. The topological polar surface area (TPSA) is 103 Å². The van der Waals surface area contributed by atoms with Gasteiger partial charge in [0, 0.05) is 37.1 Å². The summed E-state index contributed by atoms with van der Waals surface area (Å²) in [5, 5.41) is 12.2. The highest BCUT2D eigenvalue weighted by Gasteiger charge is 2.17. The van der Waals surface area contributed by atoms with E-state index in [0.717, 1.165) is 43.1 Å². The Bertz CT molecular complexity index is 1340. The SMILES string of the molecule is CS(=O)(=O)c1cccc(-c2cccc3nc(Nc4cnn(CC5CCOC5)c4)nn23)c1. The predicted octanol–water partition coefficient (Wildman–Crippen LogP) is 2.78. The second-order valence-electron chi connectivity index (χ2n) is 7.72. The Morgan fingerprint density at radius 3 is 2.90 bits per heavy atom. The Hall–Kier alpha value is -3.24. The minimum Gasteiger partial charge on any atom is -0.381 e. The van der Waals surface area contributed by atoms with Gasteiger partial charge >= 0.3 is 0 Å². The first kappa shape index (κ1) is 19.7. The lowest BCUT2D eigenvalue weighted by atomic mass is 10.1. The van der Waals surface area contributed by atoms with Crippen LogP contribution in [0.3, 0.4) is 0 Å². The van der Waals surface area contributed by atoms with Gasteiger partial charge in [-0.25, -0.2) is 12.9 Å². The Labute approximate surface area is 179 Å². The van der Waals surface area contributed by atoms with Crippen LogP contribution in [-0.2, 0) is 21.1 Å². The molecule has 1 aliphatic rings. The fourth-order valence-electron chi connectivity index (χ4n) is 3.71. The summed E-state index contributed by atoms with van der Waals surface area (Å²) in [5.41, 5.74) is 2.95. The summed E-state index contributed by atoms with van der Waals surface area (Å²) in [6, 6.07) is 12.4. The van der Waals surface area contributed by atoms with Crippen LogP contribution >= 0.6 is 0 Å². The Balaban J connectivity index is 1.42. The number of fused-ring (bicyclic) bond motifs is 1. The summed E-state index contributed by atoms with van der Waals surface area (Å²) in [5.74, 6) is 0.932. The lowest BCUT2D eigenvalue weighted by molar-refractivity contribution is 0.181. The number of rotatable bonds is 6. The van der Waals surface area contributed by atoms with Crippen LogP contribution in [0.25, 0.3) is 16.9 Å². The van der Waals surface area contributed by atoms with Crippen molar-refractivity contribution in [2.45, 2.75) is 17.9 Å². The first-order valence-electron chi connectivity index (χ1n) is 9.99. The average Bonchev–Trinajstić information content (AvgIpc) is 3.49. The van der Waals surface area contributed by atoms with E-state index in [9.17, 15) is 8.42 Å². The Morgan fingerprint density at radius 1 is 1.23 bits per heavy atom. The molecule has 0 bridgehead atoms. The second kappa shape index (κ2) is 7.78. The van der Waals surface area contributed by atoms with Crippen molar-refractivity contribution in [1.82, 2.24) is 24.4 Å². The third kappa shape index (κ3) is 4.17. The maximum atomic E-state index is 11.9. The molecule has 31 heavy (non-hydrogen) atoms. The largest absolute Gasteiger partial charge is 0.381 e. The van der Waals surface area contributed by atoms with Crippen molar-refractivity contribution >= 4 is 27.1 Å². The Morgan fingerprint density at radius 2 is 2.10 bits per heavy atom. The van der Waals surface area contributed by atoms with Crippen molar-refractivity contribution in [1.29, 1.82) is 0 Å². The van der Waals surface area contributed by atoms with Crippen molar-refractivity contribution in [2.24, 2.45) is 5.92 Å². The zero-order valence-electron chi connectivity index (χ0n) is 17.0. The Kier molecular flexibility index (Phi) is 4.95. The molecule has 1 aromatic carbocycles. The van der Waals surface area contributed by atoms with Gasteiger partial charge in [-0.15, -0.1) is 5.10 Å². The van der Waals surface area contributed by atoms with Crippen molar-refractivity contribution in [2.75, 3.05) is 24.8 Å². The molecule has 4 heterocycles. The van der Waals surface area contributed by atoms with Crippen LogP contribution in [0.2, 0.25) is 0 Å². The number of anilines is 2. The maximum absolute atomic E-state index is 11.9. The molecule has 1 aliphatic heterocycles. The van der Waals surface area contributed by atoms with E-state index in [1.807, 2.05) is 35.1 Å². The number of aromatic nitrogens is 5. The van der Waals surface area contributed by atoms with Crippen molar-refractivity contribution in [3.8, 4) is 11.3 Å². The summed E-state index contributed by atoms with van der Waals surface area (Å²) in [7, 11) is -3.30. The van der Waals surface area contributed by atoms with Gasteiger partial charge in [-0.1, -0.05) is 18.2 Å². The molecule has 4 aromatic rings. The normalized spacial score (nSPS) is 16.7. The number of benzene rings is 1. The first-order valence-corrected chi connectivity index (χ1v) is 11.9. The summed E-state index contributed by atoms with van der Waals surface area (Å²) >= 11 is 0. The van der Waals surface area contributed by atoms with Gasteiger partial charge in [-0.05, 0) is 30.7 Å². The highest BCUT2D eigenvalue weighted by atomic mass is 32.2. The highest BCUT2D eigenvalue weighted by Crippen LogP contribution is 2.24. The maximum Gasteiger partial charge on any atom is 0.247 e. The zero-order valence-corrected chi connectivity index (χ0v) is 17.8. The van der Waals surface area contributed by atoms with E-state index in [0.29, 0.717) is 17.5 Å². The molecule has 0 aliphatic carbocycles. The molecular weight excluding hydrogens is 416 g/mol. The van der Waals surface area contributed by atoms with Gasteiger partial charge in [-0.3, -0.25) is 4.68 Å². The van der Waals surface area contributed by atoms with E-state index in [1.165, 1.54) is 6.26 Å². The number of pyridine rings is 1. The second-order valence-corrected chi connectivity index (χ2v) is 9.74. The van der Waals surface area contributed by atoms with Gasteiger partial charge in [0.2, 0.25) is 5.95 Å². The molecule has 3 aromatic heterocycles. The van der Waals surface area contributed by atoms with Crippen LogP contribution in [0, 0.1) is 5.92 Å². The lowest BCUT2D eigenvalue weighted by Crippen LogP contribution is -2.10. The van der Waals surface area contributed by atoms with E-state index in [4.69, 9.17) is 4.74 Å². The number of nitrogens with one attached hydrogen (secondary N) is 1. The molecular formula is C21H22N6O3S. The van der Waals surface area contributed by atoms with E-state index < -0.39 is 9.84 Å². The molecule has 1 N–H and O–H groups in total. The van der Waals surface area contributed by atoms with Gasteiger partial charge in [0.15, 0.2) is 15.5 Å². The van der Waals surface area contributed by atoms with Crippen LogP contribution in [0.5, 0.6) is 0 Å². The average molecular weight is 439 g/mol. The van der Waals surface area contributed by atoms with Gasteiger partial charge in [-0.2, -0.15) is 10.1 Å². The number of ether oxygens (including phenoxy) is 1. The van der Waals surface area contributed by atoms with E-state index in [2.05, 4.69) is 20.5 Å². The van der Waals surface area contributed by atoms with Crippen LogP contribution in [0.4, 0.5) is 11.6 Å². The summed E-state index contributed by atoms with van der Waals surface area (Å²) < 4.78 is 32.9. The van der Waals surface area contributed by atoms with Gasteiger partial charge < -0.3 is 10.1 Å². The summed E-state index contributed by atoms with van der Waals surface area (Å²) in [6.07, 6.45) is 5.93. The fourth-order valence-corrected chi connectivity index (χ4v) is 4.38. The molecule has 0 spiro atoms. The van der Waals surface area contributed by atoms with Gasteiger partial charge in [0.1, 0.15) is 0 Å². The molecule has 0 amide bonds. The highest BCUT2D eigenvalue weighted by molar-refractivity contribution is 7.90. The van der Waals surface area contributed by atoms with E-state index >= 15 is 0 Å². The van der Waals surface area contributed by atoms with Crippen LogP contribution in [-0.4, -0.2) is 52.3 Å². The summed E-state index contributed by atoms with van der Waals surface area (Å²) in [4.78, 5) is 4.81. The molecule has 5 rings (SSSR count). The zero-order chi connectivity index (χ0) is 21.4. The molecule has 1 atom stereocenters. The quantitative estimate of drug-likeness (QED) is 0.494. The number of hydrogen-bond donors (Lipinski definition) is 1. The van der Waals surface area contributed by atoms with Crippen molar-refractivity contribution < 1.29 is 13.2 Å². The number of sulfone groups is 1. The van der Waals surface area contributed by atoms with Gasteiger partial charge in [0.05, 0.1) is 29.1 Å². The van der Waals surface area contributed by atoms with Crippen molar-refractivity contribution in [3.63, 3.8) is 0 Å². The number of nitrogens with zero attached hydrogens (tertiary/aromatic N) is 5. The third-order valence-electron chi connectivity index (χ3n) is 5.28.